The van der Waals surface area contributed by atoms with E-state index < -0.39 is 6.09 Å². The first-order chi connectivity index (χ1) is 4.81. The number of nitrogens with one attached hydrogen (secondary N) is 1. The average Bonchev–Trinajstić information content (AvgIpc) is 1.97. The molecule has 60 valence electrons. The van der Waals surface area contributed by atoms with Crippen LogP contribution < -0.4 is 11.1 Å². The van der Waals surface area contributed by atoms with Crippen molar-refractivity contribution < 1.29 is 14.6 Å². The zero-order valence-corrected chi connectivity index (χ0v) is 5.67. The lowest BCUT2D eigenvalue weighted by Crippen LogP contribution is -2.30. The molecular formula is C5H12N2O3. The van der Waals surface area contributed by atoms with Gasteiger partial charge in [0.15, 0.2) is 0 Å². The molecule has 0 rings (SSSR count). The zero-order valence-electron chi connectivity index (χ0n) is 5.67. The van der Waals surface area contributed by atoms with E-state index in [-0.39, 0.29) is 13.2 Å². The molecule has 0 saturated carbocycles. The number of carbonyl (C=O) groups excluding carboxylic acids is 1. The van der Waals surface area contributed by atoms with Crippen LogP contribution in [0.2, 0.25) is 0 Å². The van der Waals surface area contributed by atoms with Crippen molar-refractivity contribution in [1.29, 1.82) is 0 Å². The Morgan fingerprint density at radius 2 is 2.40 bits per heavy atom. The third-order valence-electron chi connectivity index (χ3n) is 0.738. The summed E-state index contributed by atoms with van der Waals surface area (Å²) in [5, 5.41) is 10.6. The molecule has 0 heterocycles. The molecule has 0 aromatic carbocycles. The molecule has 5 nitrogen and oxygen atoms in total. The molecule has 5 heteroatoms. The average molecular weight is 148 g/mol. The lowest BCUT2D eigenvalue weighted by atomic mass is 10.6. The Hall–Kier alpha value is -0.810. The molecule has 0 aliphatic carbocycles. The van der Waals surface area contributed by atoms with Crippen LogP contribution in [0.5, 0.6) is 0 Å². The highest BCUT2D eigenvalue weighted by Crippen LogP contribution is 1.74. The van der Waals surface area contributed by atoms with Crippen LogP contribution in [-0.4, -0.2) is 37.5 Å². The van der Waals surface area contributed by atoms with Crippen LogP contribution in [0.15, 0.2) is 0 Å². The highest BCUT2D eigenvalue weighted by Gasteiger charge is 1.96. The minimum Gasteiger partial charge on any atom is -0.447 e. The van der Waals surface area contributed by atoms with Gasteiger partial charge in [-0.1, -0.05) is 0 Å². The van der Waals surface area contributed by atoms with Gasteiger partial charge in [-0.05, 0) is 0 Å². The first-order valence-corrected chi connectivity index (χ1v) is 3.02. The number of ether oxygens (including phenoxy) is 1. The smallest absolute Gasteiger partial charge is 0.407 e. The molecule has 0 aliphatic heterocycles. The molecule has 0 aromatic rings. The zero-order chi connectivity index (χ0) is 7.82. The third kappa shape index (κ3) is 5.33. The van der Waals surface area contributed by atoms with Gasteiger partial charge < -0.3 is 20.9 Å². The number of hydrogen-bond donors (Lipinski definition) is 3. The summed E-state index contributed by atoms with van der Waals surface area (Å²) < 4.78 is 4.44. The van der Waals surface area contributed by atoms with Gasteiger partial charge in [-0.15, -0.1) is 0 Å². The van der Waals surface area contributed by atoms with Crippen LogP contribution in [0.3, 0.4) is 0 Å². The van der Waals surface area contributed by atoms with Crippen LogP contribution >= 0.6 is 0 Å². The number of carbonyl (C=O) groups is 1. The predicted octanol–water partition coefficient (Wildman–Crippen LogP) is -1.34. The summed E-state index contributed by atoms with van der Waals surface area (Å²) in [6.07, 6.45) is -0.542. The van der Waals surface area contributed by atoms with Crippen LogP contribution in [0, 0.1) is 0 Å². The Morgan fingerprint density at radius 3 is 2.90 bits per heavy atom. The monoisotopic (exact) mass is 148 g/mol. The summed E-state index contributed by atoms with van der Waals surface area (Å²) in [5.74, 6) is 0. The van der Waals surface area contributed by atoms with Gasteiger partial charge >= 0.3 is 6.09 Å². The van der Waals surface area contributed by atoms with Gasteiger partial charge in [-0.3, -0.25) is 0 Å². The largest absolute Gasteiger partial charge is 0.447 e. The van der Waals surface area contributed by atoms with E-state index in [4.69, 9.17) is 10.8 Å². The highest BCUT2D eigenvalue weighted by atomic mass is 16.6. The second kappa shape index (κ2) is 6.31. The van der Waals surface area contributed by atoms with Crippen molar-refractivity contribution in [3.8, 4) is 0 Å². The Morgan fingerprint density at radius 1 is 1.70 bits per heavy atom. The van der Waals surface area contributed by atoms with Crippen molar-refractivity contribution >= 4 is 6.09 Å². The minimum atomic E-state index is -0.542. The third-order valence-corrected chi connectivity index (χ3v) is 0.738. The summed E-state index contributed by atoms with van der Waals surface area (Å²) in [5.41, 5.74) is 5.09. The maximum absolute atomic E-state index is 10.5. The maximum Gasteiger partial charge on any atom is 0.407 e. The quantitative estimate of drug-likeness (QED) is 0.461. The van der Waals surface area contributed by atoms with Gasteiger partial charge in [0.1, 0.15) is 6.61 Å². The summed E-state index contributed by atoms with van der Waals surface area (Å²) in [7, 11) is 0. The van der Waals surface area contributed by atoms with Crippen LogP contribution in [-0.2, 0) is 4.74 Å². The molecular weight excluding hydrogens is 136 g/mol. The topological polar surface area (TPSA) is 84.6 Å². The molecule has 0 aromatic heterocycles. The van der Waals surface area contributed by atoms with Gasteiger partial charge in [-0.25, -0.2) is 4.79 Å². The van der Waals surface area contributed by atoms with E-state index in [2.05, 4.69) is 10.1 Å². The summed E-state index contributed by atoms with van der Waals surface area (Å²) in [6.45, 7) is 0.644. The lowest BCUT2D eigenvalue weighted by molar-refractivity contribution is 0.119. The summed E-state index contributed by atoms with van der Waals surface area (Å²) in [6, 6.07) is 0. The number of rotatable bonds is 4. The number of aliphatic hydroxyl groups is 1. The molecule has 0 unspecified atom stereocenters. The summed E-state index contributed by atoms with van der Waals surface area (Å²) in [4.78, 5) is 10.5. The highest BCUT2D eigenvalue weighted by molar-refractivity contribution is 5.66. The number of aliphatic hydroxyl groups excluding tert-OH is 1. The second-order valence-corrected chi connectivity index (χ2v) is 1.57. The number of amides is 1. The van der Waals surface area contributed by atoms with Crippen molar-refractivity contribution in [3.63, 3.8) is 0 Å². The Balaban J connectivity index is 3.09. The first kappa shape index (κ1) is 9.19. The van der Waals surface area contributed by atoms with Crippen LogP contribution in [0.4, 0.5) is 4.79 Å². The van der Waals surface area contributed by atoms with E-state index in [1.54, 1.807) is 0 Å². The van der Waals surface area contributed by atoms with Gasteiger partial charge in [-0.2, -0.15) is 0 Å². The predicted molar refractivity (Wildman–Crippen MR) is 35.5 cm³/mol. The van der Waals surface area contributed by atoms with Crippen LogP contribution in [0.1, 0.15) is 0 Å². The molecule has 1 amide bonds. The van der Waals surface area contributed by atoms with Gasteiger partial charge in [0, 0.05) is 13.1 Å². The maximum atomic E-state index is 10.5. The fourth-order valence-corrected chi connectivity index (χ4v) is 0.364. The van der Waals surface area contributed by atoms with Crippen molar-refractivity contribution in [2.75, 3.05) is 26.3 Å². The molecule has 0 saturated heterocycles. The Labute approximate surface area is 59.2 Å². The number of hydrogen-bond acceptors (Lipinski definition) is 4. The number of nitrogens with two attached hydrogens (primary N) is 1. The fraction of sp³-hybridized carbons (Fsp3) is 0.800. The van der Waals surface area contributed by atoms with Crippen molar-refractivity contribution in [3.05, 3.63) is 0 Å². The van der Waals surface area contributed by atoms with E-state index in [1.807, 2.05) is 0 Å². The van der Waals surface area contributed by atoms with Crippen molar-refractivity contribution in [2.45, 2.75) is 0 Å². The molecule has 0 spiro atoms. The summed E-state index contributed by atoms with van der Waals surface area (Å²) >= 11 is 0. The van der Waals surface area contributed by atoms with E-state index in [1.165, 1.54) is 0 Å². The van der Waals surface area contributed by atoms with E-state index in [9.17, 15) is 4.79 Å². The van der Waals surface area contributed by atoms with Gasteiger partial charge in [0.25, 0.3) is 0 Å². The number of alkyl carbamates (subject to hydrolysis) is 1. The fourth-order valence-electron chi connectivity index (χ4n) is 0.364. The van der Waals surface area contributed by atoms with Crippen molar-refractivity contribution in [1.82, 2.24) is 5.32 Å². The van der Waals surface area contributed by atoms with E-state index in [0.29, 0.717) is 13.1 Å². The lowest BCUT2D eigenvalue weighted by Gasteiger charge is -2.02. The Bertz CT molecular complexity index is 86.9. The van der Waals surface area contributed by atoms with Gasteiger partial charge in [0.05, 0.1) is 6.61 Å². The van der Waals surface area contributed by atoms with Crippen molar-refractivity contribution in [2.24, 2.45) is 5.73 Å². The molecule has 4 N–H and O–H groups in total. The minimum absolute atomic E-state index is 0.0242. The SMILES string of the molecule is NCCNC(=O)OCCO. The molecule has 0 aliphatic rings. The Kier molecular flexibility index (Phi) is 5.80. The molecule has 0 fully saturated rings. The molecule has 0 atom stereocenters. The van der Waals surface area contributed by atoms with Crippen LogP contribution in [0.25, 0.3) is 0 Å². The second-order valence-electron chi connectivity index (χ2n) is 1.57. The van der Waals surface area contributed by atoms with Gasteiger partial charge in [0.2, 0.25) is 0 Å². The van der Waals surface area contributed by atoms with E-state index >= 15 is 0 Å². The van der Waals surface area contributed by atoms with E-state index in [0.717, 1.165) is 0 Å². The molecule has 0 bridgehead atoms. The first-order valence-electron chi connectivity index (χ1n) is 3.02. The normalized spacial score (nSPS) is 9.00. The molecule has 10 heavy (non-hydrogen) atoms. The molecule has 0 radical (unpaired) electrons. The standard InChI is InChI=1S/C5H12N2O3/c6-1-2-7-5(9)10-4-3-8/h8H,1-4,6H2,(H,7,9).